The van der Waals surface area contributed by atoms with Gasteiger partial charge in [0, 0.05) is 31.9 Å². The van der Waals surface area contributed by atoms with Crippen LogP contribution in [0.4, 0.5) is 4.79 Å². The van der Waals surface area contributed by atoms with E-state index in [4.69, 9.17) is 4.74 Å². The highest BCUT2D eigenvalue weighted by Gasteiger charge is 2.55. The minimum Gasteiger partial charge on any atom is -0.480 e. The molecule has 3 aliphatic rings. The maximum atomic E-state index is 13.7. The molecule has 4 amide bonds. The Morgan fingerprint density at radius 1 is 1.24 bits per heavy atom. The van der Waals surface area contributed by atoms with E-state index in [1.54, 1.807) is 23.2 Å². The summed E-state index contributed by atoms with van der Waals surface area (Å²) < 4.78 is 5.25. The average Bonchev–Trinajstić information content (AvgIpc) is 3.37. The van der Waals surface area contributed by atoms with Crippen LogP contribution in [0.3, 0.4) is 0 Å². The third-order valence-corrected chi connectivity index (χ3v) is 7.88. The number of pyridine rings is 1. The van der Waals surface area contributed by atoms with Crippen LogP contribution in [0.25, 0.3) is 0 Å². The van der Waals surface area contributed by atoms with Crippen molar-refractivity contribution in [1.29, 1.82) is 0 Å². The molecule has 9 heteroatoms. The van der Waals surface area contributed by atoms with Crippen LogP contribution in [-0.2, 0) is 4.79 Å². The number of amides is 4. The molecule has 4 rings (SSSR count). The van der Waals surface area contributed by atoms with Gasteiger partial charge in [-0.3, -0.25) is 14.5 Å². The van der Waals surface area contributed by atoms with Gasteiger partial charge < -0.3 is 19.9 Å². The Morgan fingerprint density at radius 3 is 2.65 bits per heavy atom. The summed E-state index contributed by atoms with van der Waals surface area (Å²) >= 11 is 0. The van der Waals surface area contributed by atoms with E-state index in [1.807, 2.05) is 6.92 Å². The van der Waals surface area contributed by atoms with Crippen molar-refractivity contribution in [1.82, 2.24) is 25.0 Å². The summed E-state index contributed by atoms with van der Waals surface area (Å²) in [6.07, 6.45) is 7.46. The largest absolute Gasteiger partial charge is 0.480 e. The summed E-state index contributed by atoms with van der Waals surface area (Å²) in [5.74, 6) is 0.123. The van der Waals surface area contributed by atoms with E-state index < -0.39 is 5.54 Å². The fourth-order valence-corrected chi connectivity index (χ4v) is 5.98. The van der Waals surface area contributed by atoms with Crippen LogP contribution in [0, 0.1) is 5.92 Å². The number of likely N-dealkylation sites (tertiary alicyclic amines) is 2. The molecule has 1 aromatic rings. The van der Waals surface area contributed by atoms with Crippen molar-refractivity contribution in [2.45, 2.75) is 63.5 Å². The third kappa shape index (κ3) is 4.50. The predicted octanol–water partition coefficient (Wildman–Crippen LogP) is 2.52. The molecule has 3 fully saturated rings. The molecule has 3 aliphatic heterocycles. The molecule has 34 heavy (non-hydrogen) atoms. The number of ether oxygens (including phenoxy) is 1. The number of methoxy groups -OCH3 is 1. The zero-order chi connectivity index (χ0) is 24.3. The molecule has 0 aromatic carbocycles. The smallest absolute Gasteiger partial charge is 0.325 e. The number of hydrogen-bond acceptors (Lipinski definition) is 6. The summed E-state index contributed by atoms with van der Waals surface area (Å²) in [4.78, 5) is 49.4. The normalized spacial score (nSPS) is 26.3. The van der Waals surface area contributed by atoms with E-state index >= 15 is 0 Å². The Kier molecular flexibility index (Phi) is 7.40. The molecule has 0 radical (unpaired) electrons. The van der Waals surface area contributed by atoms with Crippen LogP contribution in [0.5, 0.6) is 5.88 Å². The number of nitrogens with one attached hydrogen (secondary N) is 1. The van der Waals surface area contributed by atoms with Crippen molar-refractivity contribution in [2.75, 3.05) is 40.3 Å². The summed E-state index contributed by atoms with van der Waals surface area (Å²) in [6, 6.07) is 3.61. The molecule has 0 unspecified atom stereocenters. The molecule has 4 heterocycles. The molecule has 9 nitrogen and oxygen atoms in total. The van der Waals surface area contributed by atoms with Gasteiger partial charge in [0.2, 0.25) is 5.88 Å². The number of nitrogens with zero attached hydrogens (tertiary/aromatic N) is 4. The van der Waals surface area contributed by atoms with Crippen molar-refractivity contribution >= 4 is 17.8 Å². The van der Waals surface area contributed by atoms with Crippen LogP contribution in [-0.4, -0.2) is 89.4 Å². The van der Waals surface area contributed by atoms with E-state index in [0.717, 1.165) is 25.8 Å². The summed E-state index contributed by atoms with van der Waals surface area (Å²) in [7, 11) is 3.62. The van der Waals surface area contributed by atoms with Gasteiger partial charge in [-0.25, -0.2) is 9.78 Å². The number of carbonyl (C=O) groups is 3. The van der Waals surface area contributed by atoms with Crippen LogP contribution in [0.15, 0.2) is 18.3 Å². The van der Waals surface area contributed by atoms with Gasteiger partial charge >= 0.3 is 6.03 Å². The van der Waals surface area contributed by atoms with E-state index in [-0.39, 0.29) is 23.8 Å². The molecule has 0 saturated carbocycles. The molecular weight excluding hydrogens is 434 g/mol. The number of imide groups is 1. The SMILES string of the molecule is CCC[C@]1(C2CCN(C(=O)c3cccnc3OC)CC2)NC(=O)N(CC[C@@H]2CCCN2C)C1=O. The van der Waals surface area contributed by atoms with E-state index in [1.165, 1.54) is 18.4 Å². The van der Waals surface area contributed by atoms with Gasteiger partial charge in [0.25, 0.3) is 11.8 Å². The maximum Gasteiger partial charge on any atom is 0.325 e. The number of hydrogen-bond donors (Lipinski definition) is 1. The fraction of sp³-hybridized carbons (Fsp3) is 0.680. The number of aromatic nitrogens is 1. The summed E-state index contributed by atoms with van der Waals surface area (Å²) in [5, 5.41) is 3.11. The van der Waals surface area contributed by atoms with Gasteiger partial charge in [0.05, 0.1) is 7.11 Å². The highest BCUT2D eigenvalue weighted by atomic mass is 16.5. The van der Waals surface area contributed by atoms with Crippen LogP contribution >= 0.6 is 0 Å². The lowest BCUT2D eigenvalue weighted by molar-refractivity contribution is -0.134. The highest BCUT2D eigenvalue weighted by molar-refractivity contribution is 6.07. The maximum absolute atomic E-state index is 13.7. The van der Waals surface area contributed by atoms with Crippen LogP contribution < -0.4 is 10.1 Å². The lowest BCUT2D eigenvalue weighted by atomic mass is 9.74. The van der Waals surface area contributed by atoms with E-state index in [0.29, 0.717) is 56.4 Å². The second-order valence-corrected chi connectivity index (χ2v) is 9.80. The molecular formula is C25H37N5O4. The number of urea groups is 1. The predicted molar refractivity (Wildman–Crippen MR) is 128 cm³/mol. The molecule has 0 spiro atoms. The van der Waals surface area contributed by atoms with Gasteiger partial charge in [-0.05, 0) is 70.2 Å². The quantitative estimate of drug-likeness (QED) is 0.586. The van der Waals surface area contributed by atoms with Crippen molar-refractivity contribution in [3.8, 4) is 5.88 Å². The first-order valence-corrected chi connectivity index (χ1v) is 12.5. The Hall–Kier alpha value is -2.68. The van der Waals surface area contributed by atoms with Gasteiger partial charge in [-0.1, -0.05) is 13.3 Å². The molecule has 1 aromatic heterocycles. The number of carbonyl (C=O) groups excluding carboxylic acids is 3. The average molecular weight is 472 g/mol. The van der Waals surface area contributed by atoms with Gasteiger partial charge in [-0.2, -0.15) is 0 Å². The van der Waals surface area contributed by atoms with Crippen molar-refractivity contribution in [3.63, 3.8) is 0 Å². The fourth-order valence-electron chi connectivity index (χ4n) is 5.98. The minimum atomic E-state index is -0.867. The Labute approximate surface area is 201 Å². The Balaban J connectivity index is 1.43. The van der Waals surface area contributed by atoms with Crippen molar-refractivity contribution < 1.29 is 19.1 Å². The summed E-state index contributed by atoms with van der Waals surface area (Å²) in [6.45, 7) is 4.65. The first kappa shape index (κ1) is 24.4. The second kappa shape index (κ2) is 10.3. The molecule has 0 bridgehead atoms. The third-order valence-electron chi connectivity index (χ3n) is 7.88. The Morgan fingerprint density at radius 2 is 2.00 bits per heavy atom. The lowest BCUT2D eigenvalue weighted by Gasteiger charge is -2.41. The van der Waals surface area contributed by atoms with Crippen LogP contribution in [0.2, 0.25) is 0 Å². The topological polar surface area (TPSA) is 95.1 Å². The monoisotopic (exact) mass is 471 g/mol. The molecule has 186 valence electrons. The minimum absolute atomic E-state index is 0.00268. The first-order valence-electron chi connectivity index (χ1n) is 12.5. The second-order valence-electron chi connectivity index (χ2n) is 9.80. The standard InChI is InChI=1S/C25H37N5O4/c1-4-12-25(23(32)30(24(33)27-25)17-11-19-7-6-14-28(19)2)18-9-15-29(16-10-18)22(31)20-8-5-13-26-21(20)34-3/h5,8,13,18-19H,4,6-7,9-12,14-17H2,1-3H3,(H,27,33)/t19-,25+/m0/s1. The van der Waals surface area contributed by atoms with Gasteiger partial charge in [-0.15, -0.1) is 0 Å². The zero-order valence-electron chi connectivity index (χ0n) is 20.6. The number of piperidine rings is 1. The molecule has 2 atom stereocenters. The summed E-state index contributed by atoms with van der Waals surface area (Å²) in [5.41, 5.74) is -0.422. The van der Waals surface area contributed by atoms with Crippen molar-refractivity contribution in [3.05, 3.63) is 23.9 Å². The van der Waals surface area contributed by atoms with Crippen molar-refractivity contribution in [2.24, 2.45) is 5.92 Å². The van der Waals surface area contributed by atoms with E-state index in [9.17, 15) is 14.4 Å². The zero-order valence-corrected chi connectivity index (χ0v) is 20.6. The van der Waals surface area contributed by atoms with E-state index in [2.05, 4.69) is 22.2 Å². The molecule has 3 saturated heterocycles. The molecule has 1 N–H and O–H groups in total. The highest BCUT2D eigenvalue weighted by Crippen LogP contribution is 2.38. The van der Waals surface area contributed by atoms with Crippen LogP contribution in [0.1, 0.15) is 62.2 Å². The van der Waals surface area contributed by atoms with Gasteiger partial charge in [0.1, 0.15) is 11.1 Å². The first-order chi connectivity index (χ1) is 16.4. The Bertz CT molecular complexity index is 916. The lowest BCUT2D eigenvalue weighted by Crippen LogP contribution is -2.56. The molecule has 0 aliphatic carbocycles. The number of rotatable bonds is 8. The van der Waals surface area contributed by atoms with Gasteiger partial charge in [0.15, 0.2) is 0 Å².